The summed E-state index contributed by atoms with van der Waals surface area (Å²) in [4.78, 5) is 36.6. The van der Waals surface area contributed by atoms with Gasteiger partial charge in [-0.05, 0) is 24.8 Å². The fourth-order valence-electron chi connectivity index (χ4n) is 5.77. The van der Waals surface area contributed by atoms with E-state index in [2.05, 4.69) is 0 Å². The van der Waals surface area contributed by atoms with E-state index in [1.165, 1.54) is 12.2 Å². The van der Waals surface area contributed by atoms with Crippen LogP contribution in [0.3, 0.4) is 0 Å². The topological polar surface area (TPSA) is 195 Å². The van der Waals surface area contributed by atoms with Gasteiger partial charge in [-0.25, -0.2) is 0 Å². The number of ketones is 2. The minimum absolute atomic E-state index is 0.0438. The maximum Gasteiger partial charge on any atom is 0.255 e. The molecular weight excluding hydrogens is 490 g/mol. The second-order valence-corrected chi connectivity index (χ2v) is 11.4. The van der Waals surface area contributed by atoms with Gasteiger partial charge in [-0.3, -0.25) is 18.6 Å². The first kappa shape index (κ1) is 26.1. The SMILES string of the molecule is NC(=O)C1=C(O)[C@@]2(O)C(O)=C3C(O)=CC(=O)/C=C\C=C\[C@H](CS(=O)C4CCCC4)[C@H]3[C@H](O)[C@H]2CC1=O. The zero-order valence-electron chi connectivity index (χ0n) is 19.4. The zero-order valence-corrected chi connectivity index (χ0v) is 20.2. The summed E-state index contributed by atoms with van der Waals surface area (Å²) in [5, 5.41) is 55.7. The molecule has 0 aliphatic heterocycles. The number of hydrogen-bond acceptors (Lipinski definition) is 9. The lowest BCUT2D eigenvalue weighted by molar-refractivity contribution is -0.138. The standard InChI is InChI=1S/C25H29NO9S/c26-24(33)20-17(29)10-15-21(30)18-12(11-36(35)14-7-3-4-8-14)5-1-2-6-13(27)9-16(28)19(18)22(31)25(15,34)23(20)32/h1-2,5-6,9,12,14-15,18,21,28,30-32,34H,3-4,7-8,10-11H2,(H2,26,33)/b5-1+,6-2-,16-9?/t12-,15-,18-,21-,25+,36?/m1/s1. The molecule has 1 fully saturated rings. The number of nitrogens with two attached hydrogens (primary N) is 1. The number of primary amides is 1. The van der Waals surface area contributed by atoms with E-state index in [0.717, 1.165) is 37.8 Å². The Labute approximate surface area is 209 Å². The molecule has 1 unspecified atom stereocenters. The van der Waals surface area contributed by atoms with Crippen molar-refractivity contribution in [2.24, 2.45) is 23.5 Å². The molecule has 4 aliphatic rings. The summed E-state index contributed by atoms with van der Waals surface area (Å²) in [5.74, 6) is -9.40. The van der Waals surface area contributed by atoms with Crippen LogP contribution in [0.5, 0.6) is 0 Å². The van der Waals surface area contributed by atoms with Crippen LogP contribution in [0.1, 0.15) is 32.1 Å². The summed E-state index contributed by atoms with van der Waals surface area (Å²) >= 11 is 0. The highest BCUT2D eigenvalue weighted by atomic mass is 32.2. The van der Waals surface area contributed by atoms with E-state index >= 15 is 0 Å². The minimum atomic E-state index is -2.83. The summed E-state index contributed by atoms with van der Waals surface area (Å²) in [7, 11) is -1.33. The molecule has 4 aliphatic carbocycles. The summed E-state index contributed by atoms with van der Waals surface area (Å²) in [5.41, 5.74) is 1.00. The fourth-order valence-corrected chi connectivity index (χ4v) is 7.60. The van der Waals surface area contributed by atoms with Crippen LogP contribution < -0.4 is 5.73 Å². The first-order valence-electron chi connectivity index (χ1n) is 11.8. The van der Waals surface area contributed by atoms with E-state index in [4.69, 9.17) is 5.73 Å². The molecule has 0 heterocycles. The number of aliphatic hydroxyl groups is 5. The molecule has 1 saturated carbocycles. The van der Waals surface area contributed by atoms with Crippen LogP contribution in [-0.2, 0) is 25.2 Å². The number of amides is 1. The molecule has 0 aromatic carbocycles. The van der Waals surface area contributed by atoms with Crippen LogP contribution in [0.2, 0.25) is 0 Å². The van der Waals surface area contributed by atoms with Gasteiger partial charge < -0.3 is 31.3 Å². The molecule has 6 atom stereocenters. The lowest BCUT2D eigenvalue weighted by Crippen LogP contribution is -2.59. The predicted molar refractivity (Wildman–Crippen MR) is 129 cm³/mol. The first-order chi connectivity index (χ1) is 17.0. The van der Waals surface area contributed by atoms with E-state index in [0.29, 0.717) is 0 Å². The molecule has 194 valence electrons. The Morgan fingerprint density at radius 3 is 2.42 bits per heavy atom. The van der Waals surface area contributed by atoms with Gasteiger partial charge in [-0.15, -0.1) is 0 Å². The third-order valence-corrected chi connectivity index (χ3v) is 9.50. The Bertz CT molecular complexity index is 1170. The summed E-state index contributed by atoms with van der Waals surface area (Å²) in [6.07, 6.45) is 7.65. The lowest BCUT2D eigenvalue weighted by atomic mass is 9.60. The lowest BCUT2D eigenvalue weighted by Gasteiger charge is -2.49. The molecule has 0 radical (unpaired) electrons. The molecule has 11 heteroatoms. The maximum absolute atomic E-state index is 13.2. The second-order valence-electron chi connectivity index (χ2n) is 9.66. The highest BCUT2D eigenvalue weighted by molar-refractivity contribution is 7.85. The maximum atomic E-state index is 13.2. The zero-order chi connectivity index (χ0) is 26.4. The summed E-state index contributed by atoms with van der Waals surface area (Å²) < 4.78 is 13.2. The fraction of sp³-hybridized carbons (Fsp3) is 0.480. The molecule has 0 aromatic heterocycles. The van der Waals surface area contributed by atoms with Crippen molar-refractivity contribution in [1.29, 1.82) is 0 Å². The van der Waals surface area contributed by atoms with Crippen molar-refractivity contribution in [2.75, 3.05) is 5.75 Å². The number of rotatable bonds is 4. The van der Waals surface area contributed by atoms with Crippen LogP contribution in [0.25, 0.3) is 0 Å². The van der Waals surface area contributed by atoms with Crippen LogP contribution in [0.4, 0.5) is 0 Å². The summed E-state index contributed by atoms with van der Waals surface area (Å²) in [6.45, 7) is 0. The minimum Gasteiger partial charge on any atom is -0.508 e. The van der Waals surface area contributed by atoms with E-state index in [1.54, 1.807) is 6.08 Å². The van der Waals surface area contributed by atoms with Gasteiger partial charge in [-0.1, -0.05) is 31.1 Å². The molecule has 7 N–H and O–H groups in total. The number of hydrogen-bond donors (Lipinski definition) is 6. The van der Waals surface area contributed by atoms with Crippen LogP contribution in [-0.4, -0.2) is 69.9 Å². The Balaban J connectivity index is 1.92. The van der Waals surface area contributed by atoms with Crippen molar-refractivity contribution in [3.8, 4) is 0 Å². The molecule has 0 spiro atoms. The predicted octanol–water partition coefficient (Wildman–Crippen LogP) is 0.851. The van der Waals surface area contributed by atoms with Gasteiger partial charge in [0.2, 0.25) is 0 Å². The summed E-state index contributed by atoms with van der Waals surface area (Å²) in [6, 6.07) is 0. The van der Waals surface area contributed by atoms with E-state index in [9.17, 15) is 44.1 Å². The molecule has 1 amide bonds. The molecule has 0 bridgehead atoms. The molecule has 36 heavy (non-hydrogen) atoms. The monoisotopic (exact) mass is 519 g/mol. The molecule has 0 aromatic rings. The van der Waals surface area contributed by atoms with Gasteiger partial charge in [0.05, 0.1) is 6.10 Å². The van der Waals surface area contributed by atoms with Crippen molar-refractivity contribution in [1.82, 2.24) is 0 Å². The number of aliphatic hydroxyl groups excluding tert-OH is 4. The highest BCUT2D eigenvalue weighted by Crippen LogP contribution is 2.52. The van der Waals surface area contributed by atoms with Gasteiger partial charge >= 0.3 is 0 Å². The first-order valence-corrected chi connectivity index (χ1v) is 13.1. The third kappa shape index (κ3) is 4.25. The number of allylic oxidation sites excluding steroid dienone is 6. The Morgan fingerprint density at radius 2 is 1.78 bits per heavy atom. The third-order valence-electron chi connectivity index (χ3n) is 7.57. The van der Waals surface area contributed by atoms with Crippen molar-refractivity contribution in [3.63, 3.8) is 0 Å². The molecule has 0 saturated heterocycles. The smallest absolute Gasteiger partial charge is 0.255 e. The Kier molecular flexibility index (Phi) is 7.09. The van der Waals surface area contributed by atoms with E-state index in [-0.39, 0.29) is 11.0 Å². The highest BCUT2D eigenvalue weighted by Gasteiger charge is 2.61. The quantitative estimate of drug-likeness (QED) is 0.292. The van der Waals surface area contributed by atoms with Crippen LogP contribution in [0.15, 0.2) is 58.8 Å². The Hall–Kier alpha value is -3.02. The van der Waals surface area contributed by atoms with Gasteiger partial charge in [0.15, 0.2) is 17.2 Å². The van der Waals surface area contributed by atoms with Gasteiger partial charge in [0, 0.05) is 51.7 Å². The number of Topliss-reactive ketones (excluding diaryl/α,β-unsaturated/α-hetero) is 1. The number of carbonyl (C=O) groups excluding carboxylic acids is 3. The average Bonchev–Trinajstić information content (AvgIpc) is 3.35. The van der Waals surface area contributed by atoms with Crippen molar-refractivity contribution in [2.45, 2.75) is 49.1 Å². The Morgan fingerprint density at radius 1 is 1.11 bits per heavy atom. The van der Waals surface area contributed by atoms with Gasteiger partial charge in [-0.2, -0.15) is 0 Å². The van der Waals surface area contributed by atoms with Crippen molar-refractivity contribution >= 4 is 28.3 Å². The van der Waals surface area contributed by atoms with E-state index in [1.807, 2.05) is 0 Å². The van der Waals surface area contributed by atoms with Crippen molar-refractivity contribution in [3.05, 3.63) is 58.8 Å². The van der Waals surface area contributed by atoms with E-state index < -0.39 is 92.6 Å². The van der Waals surface area contributed by atoms with Gasteiger partial charge in [0.1, 0.15) is 22.9 Å². The van der Waals surface area contributed by atoms with Crippen LogP contribution >= 0.6 is 0 Å². The average molecular weight is 520 g/mol. The second kappa shape index (κ2) is 9.79. The van der Waals surface area contributed by atoms with Gasteiger partial charge in [0.25, 0.3) is 5.91 Å². The number of fused-ring (bicyclic) bond motifs is 2. The molecule has 4 rings (SSSR count). The number of carbonyl (C=O) groups is 3. The van der Waals surface area contributed by atoms with Crippen LogP contribution in [0, 0.1) is 17.8 Å². The normalized spacial score (nSPS) is 36.1. The largest absolute Gasteiger partial charge is 0.508 e. The molecule has 10 nitrogen and oxygen atoms in total. The molecular formula is C25H29NO9S. The van der Waals surface area contributed by atoms with Crippen molar-refractivity contribution < 1.29 is 44.1 Å².